The third-order valence-corrected chi connectivity index (χ3v) is 6.00. The first-order chi connectivity index (χ1) is 15.6. The zero-order valence-corrected chi connectivity index (χ0v) is 18.4. The number of hydrogen-bond donors (Lipinski definition) is 3. The molecule has 1 aliphatic rings. The zero-order chi connectivity index (χ0) is 22.5. The monoisotopic (exact) mass is 434 g/mol. The Bertz CT molecular complexity index is 1080. The molecule has 0 spiro atoms. The lowest BCUT2D eigenvalue weighted by Gasteiger charge is -2.34. The largest absolute Gasteiger partial charge is 0.507 e. The molecule has 0 saturated carbocycles. The summed E-state index contributed by atoms with van der Waals surface area (Å²) in [5.74, 6) is 1.20. The molecule has 3 aromatic rings. The molecule has 0 aliphatic carbocycles. The van der Waals surface area contributed by atoms with Crippen LogP contribution in [0.5, 0.6) is 5.75 Å². The van der Waals surface area contributed by atoms with Crippen LogP contribution >= 0.6 is 0 Å². The summed E-state index contributed by atoms with van der Waals surface area (Å²) in [4.78, 5) is 24.0. The first-order valence-electron chi connectivity index (χ1n) is 11.4. The lowest BCUT2D eigenvalue weighted by atomic mass is 10.0. The molecule has 7 nitrogen and oxygen atoms in total. The van der Waals surface area contributed by atoms with E-state index in [1.807, 2.05) is 43.3 Å². The van der Waals surface area contributed by atoms with Gasteiger partial charge in [0, 0.05) is 24.5 Å². The number of fused-ring (bicyclic) bond motifs is 1. The van der Waals surface area contributed by atoms with E-state index in [1.165, 1.54) is 0 Å². The van der Waals surface area contributed by atoms with Crippen molar-refractivity contribution in [3.63, 3.8) is 0 Å². The molecule has 1 aliphatic heterocycles. The van der Waals surface area contributed by atoms with Crippen LogP contribution in [0.3, 0.4) is 0 Å². The highest BCUT2D eigenvalue weighted by atomic mass is 16.3. The van der Waals surface area contributed by atoms with Crippen LogP contribution in [0.15, 0.2) is 48.5 Å². The number of phenols is 1. The number of unbranched alkanes of at least 4 members (excludes halogenated alkanes) is 1. The zero-order valence-electron chi connectivity index (χ0n) is 18.4. The number of nitrogens with zero attached hydrogens (tertiary/aromatic N) is 3. The number of amides is 1. The lowest BCUT2D eigenvalue weighted by molar-refractivity contribution is -0.130. The van der Waals surface area contributed by atoms with Gasteiger partial charge in [-0.25, -0.2) is 9.97 Å². The quantitative estimate of drug-likeness (QED) is 0.525. The molecule has 1 unspecified atom stereocenters. The summed E-state index contributed by atoms with van der Waals surface area (Å²) in [6.07, 6.45) is 2.92. The number of aliphatic hydroxyl groups excluding tert-OH is 1. The first-order valence-corrected chi connectivity index (χ1v) is 11.4. The Morgan fingerprint density at radius 2 is 1.84 bits per heavy atom. The van der Waals surface area contributed by atoms with Gasteiger partial charge in [-0.15, -0.1) is 0 Å². The Hall–Kier alpha value is -3.19. The van der Waals surface area contributed by atoms with Crippen LogP contribution in [0.25, 0.3) is 22.3 Å². The topological polar surface area (TPSA) is 98.6 Å². The number of anilines is 1. The molecule has 1 saturated heterocycles. The Morgan fingerprint density at radius 3 is 2.59 bits per heavy atom. The second-order valence-electron chi connectivity index (χ2n) is 8.33. The van der Waals surface area contributed by atoms with Gasteiger partial charge in [0.05, 0.1) is 11.1 Å². The van der Waals surface area contributed by atoms with Crippen molar-refractivity contribution >= 4 is 22.6 Å². The summed E-state index contributed by atoms with van der Waals surface area (Å²) in [6, 6.07) is 15.0. The maximum atomic E-state index is 12.3. The number of para-hydroxylation sites is 2. The molecule has 1 amide bonds. The Balaban J connectivity index is 1.52. The van der Waals surface area contributed by atoms with Gasteiger partial charge in [-0.3, -0.25) is 4.79 Å². The van der Waals surface area contributed by atoms with Crippen molar-refractivity contribution in [1.82, 2.24) is 15.3 Å². The number of piperidine rings is 1. The van der Waals surface area contributed by atoms with Gasteiger partial charge in [-0.2, -0.15) is 0 Å². The molecule has 4 rings (SSSR count). The van der Waals surface area contributed by atoms with E-state index >= 15 is 0 Å². The molecule has 2 aromatic carbocycles. The standard InChI is InChI=1S/C25H30N4O3/c1-2-3-11-22(31)25(32)26-17-13-15-29(16-14-17)24-18-8-4-6-10-20(18)27-23(28-24)19-9-5-7-12-21(19)30/h4-10,12,17,22,30-31H,2-3,11,13-16H2,1H3,(H,26,32). The van der Waals surface area contributed by atoms with Crippen molar-refractivity contribution < 1.29 is 15.0 Å². The van der Waals surface area contributed by atoms with Crippen LogP contribution in [-0.4, -0.2) is 51.3 Å². The van der Waals surface area contributed by atoms with Gasteiger partial charge < -0.3 is 20.4 Å². The molecule has 0 radical (unpaired) electrons. The fourth-order valence-corrected chi connectivity index (χ4v) is 4.15. The SMILES string of the molecule is CCCCC(O)C(=O)NC1CCN(c2nc(-c3ccccc3O)nc3ccccc23)CC1. The number of carbonyl (C=O) groups is 1. The minimum absolute atomic E-state index is 0.0424. The number of nitrogens with one attached hydrogen (secondary N) is 1. The Kier molecular flexibility index (Phi) is 6.85. The van der Waals surface area contributed by atoms with Gasteiger partial charge in [0.1, 0.15) is 17.7 Å². The van der Waals surface area contributed by atoms with E-state index < -0.39 is 6.10 Å². The van der Waals surface area contributed by atoms with E-state index in [1.54, 1.807) is 12.1 Å². The fourth-order valence-electron chi connectivity index (χ4n) is 4.15. The van der Waals surface area contributed by atoms with Crippen molar-refractivity contribution in [2.45, 2.75) is 51.2 Å². The molecule has 1 fully saturated rings. The number of hydrogen-bond acceptors (Lipinski definition) is 6. The highest BCUT2D eigenvalue weighted by Crippen LogP contribution is 2.32. The van der Waals surface area contributed by atoms with E-state index in [0.29, 0.717) is 17.8 Å². The maximum Gasteiger partial charge on any atom is 0.249 e. The second-order valence-corrected chi connectivity index (χ2v) is 8.33. The first kappa shape index (κ1) is 22.0. The predicted molar refractivity (Wildman–Crippen MR) is 126 cm³/mol. The van der Waals surface area contributed by atoms with E-state index in [4.69, 9.17) is 4.98 Å². The number of rotatable bonds is 7. The van der Waals surface area contributed by atoms with Crippen molar-refractivity contribution in [1.29, 1.82) is 0 Å². The van der Waals surface area contributed by atoms with Gasteiger partial charge in [0.2, 0.25) is 5.91 Å². The van der Waals surface area contributed by atoms with Gasteiger partial charge in [0.15, 0.2) is 5.82 Å². The van der Waals surface area contributed by atoms with Gasteiger partial charge >= 0.3 is 0 Å². The molecule has 7 heteroatoms. The van der Waals surface area contributed by atoms with Gasteiger partial charge in [-0.1, -0.05) is 44.0 Å². The number of benzene rings is 2. The van der Waals surface area contributed by atoms with Crippen molar-refractivity contribution in [2.75, 3.05) is 18.0 Å². The molecule has 3 N–H and O–H groups in total. The average Bonchev–Trinajstić information content (AvgIpc) is 2.82. The molecule has 168 valence electrons. The van der Waals surface area contributed by atoms with E-state index in [9.17, 15) is 15.0 Å². The minimum Gasteiger partial charge on any atom is -0.507 e. The van der Waals surface area contributed by atoms with E-state index in [0.717, 1.165) is 55.5 Å². The van der Waals surface area contributed by atoms with Crippen molar-refractivity contribution in [3.05, 3.63) is 48.5 Å². The highest BCUT2D eigenvalue weighted by molar-refractivity contribution is 5.91. The lowest BCUT2D eigenvalue weighted by Crippen LogP contribution is -2.47. The maximum absolute atomic E-state index is 12.3. The Labute approximate surface area is 188 Å². The molecule has 32 heavy (non-hydrogen) atoms. The van der Waals surface area contributed by atoms with E-state index in [-0.39, 0.29) is 17.7 Å². The summed E-state index contributed by atoms with van der Waals surface area (Å²) >= 11 is 0. The van der Waals surface area contributed by atoms with Crippen molar-refractivity contribution in [3.8, 4) is 17.1 Å². The predicted octanol–water partition coefficient (Wildman–Crippen LogP) is 3.64. The summed E-state index contributed by atoms with van der Waals surface area (Å²) < 4.78 is 0. The van der Waals surface area contributed by atoms with Crippen LogP contribution in [0.4, 0.5) is 5.82 Å². The smallest absolute Gasteiger partial charge is 0.249 e. The summed E-state index contributed by atoms with van der Waals surface area (Å²) in [5.41, 5.74) is 1.42. The fraction of sp³-hybridized carbons (Fsp3) is 0.400. The number of aliphatic hydroxyl groups is 1. The minimum atomic E-state index is -0.931. The number of aromatic hydroxyl groups is 1. The van der Waals surface area contributed by atoms with Gasteiger partial charge in [0.25, 0.3) is 0 Å². The summed E-state index contributed by atoms with van der Waals surface area (Å²) in [5, 5.41) is 24.3. The average molecular weight is 435 g/mol. The molecule has 0 bridgehead atoms. The Morgan fingerprint density at radius 1 is 1.12 bits per heavy atom. The molecular formula is C25H30N4O3. The molecule has 2 heterocycles. The van der Waals surface area contributed by atoms with Gasteiger partial charge in [-0.05, 0) is 43.5 Å². The van der Waals surface area contributed by atoms with Crippen LogP contribution in [0.1, 0.15) is 39.0 Å². The number of phenolic OH excluding ortho intramolecular Hbond substituents is 1. The van der Waals surface area contributed by atoms with Crippen LogP contribution in [0.2, 0.25) is 0 Å². The van der Waals surface area contributed by atoms with Crippen LogP contribution in [0, 0.1) is 0 Å². The molecule has 1 aromatic heterocycles. The number of carbonyl (C=O) groups excluding carboxylic acids is 1. The van der Waals surface area contributed by atoms with Crippen LogP contribution in [-0.2, 0) is 4.79 Å². The van der Waals surface area contributed by atoms with Crippen molar-refractivity contribution in [2.24, 2.45) is 0 Å². The highest BCUT2D eigenvalue weighted by Gasteiger charge is 2.25. The summed E-state index contributed by atoms with van der Waals surface area (Å²) in [7, 11) is 0. The third kappa shape index (κ3) is 4.83. The summed E-state index contributed by atoms with van der Waals surface area (Å²) in [6.45, 7) is 3.51. The normalized spacial score (nSPS) is 15.6. The second kappa shape index (κ2) is 9.96. The third-order valence-electron chi connectivity index (χ3n) is 6.00. The van der Waals surface area contributed by atoms with E-state index in [2.05, 4.69) is 15.2 Å². The van der Waals surface area contributed by atoms with Crippen LogP contribution < -0.4 is 10.2 Å². The number of aromatic nitrogens is 2. The molecule has 1 atom stereocenters. The molecular weight excluding hydrogens is 404 g/mol.